The number of para-hydroxylation sites is 1. The van der Waals surface area contributed by atoms with E-state index in [-0.39, 0.29) is 29.6 Å². The van der Waals surface area contributed by atoms with Crippen LogP contribution in [0.1, 0.15) is 15.9 Å². The van der Waals surface area contributed by atoms with Gasteiger partial charge < -0.3 is 19.7 Å². The monoisotopic (exact) mass is 457 g/mol. The first kappa shape index (κ1) is 25.2. The number of aromatic hydroxyl groups is 2. The molecule has 0 heterocycles. The van der Waals surface area contributed by atoms with E-state index in [4.69, 9.17) is 9.47 Å². The van der Waals surface area contributed by atoms with E-state index in [9.17, 15) is 40.9 Å². The Morgan fingerprint density at radius 2 is 1.34 bits per heavy atom. The van der Waals surface area contributed by atoms with Crippen LogP contribution >= 0.6 is 0 Å². The molecule has 0 aliphatic carbocycles. The summed E-state index contributed by atoms with van der Waals surface area (Å²) in [5.74, 6) is -4.98. The van der Waals surface area contributed by atoms with Crippen molar-refractivity contribution in [3.63, 3.8) is 0 Å². The van der Waals surface area contributed by atoms with E-state index in [0.717, 1.165) is 26.4 Å². The van der Waals surface area contributed by atoms with Gasteiger partial charge in [-0.15, -0.1) is 0 Å². The maximum Gasteiger partial charge on any atom is 0.299 e. The third-order valence-corrected chi connectivity index (χ3v) is 5.56. The summed E-state index contributed by atoms with van der Waals surface area (Å²) in [5.41, 5.74) is -1.79. The molecule has 0 spiro atoms. The molecule has 29 heavy (non-hydrogen) atoms. The molecule has 0 bridgehead atoms. The maximum absolute atomic E-state index is 12.8. The van der Waals surface area contributed by atoms with Crippen molar-refractivity contribution in [1.29, 1.82) is 0 Å². The molecule has 0 saturated heterocycles. The van der Waals surface area contributed by atoms with E-state index in [1.807, 2.05) is 0 Å². The molecule has 2 aromatic carbocycles. The van der Waals surface area contributed by atoms with Crippen LogP contribution in [-0.2, 0) is 20.2 Å². The molecular weight excluding hydrogens is 443 g/mol. The largest absolute Gasteiger partial charge is 0.507 e. The molecule has 0 amide bonds. The zero-order valence-electron chi connectivity index (χ0n) is 15.3. The van der Waals surface area contributed by atoms with Gasteiger partial charge in [-0.1, -0.05) is 12.1 Å². The SMILES string of the molecule is COc1c(O)c(C(=O)c2ccccc2O)c(S(=O)(=O)O)c(S(=O)(=O)O)c1OC.[Na]. The molecule has 153 valence electrons. The van der Waals surface area contributed by atoms with Crippen molar-refractivity contribution in [3.05, 3.63) is 35.4 Å². The minimum Gasteiger partial charge on any atom is -0.507 e. The predicted octanol–water partition coefficient (Wildman–Crippen LogP) is 0.459. The Kier molecular flexibility index (Phi) is 7.70. The second-order valence-electron chi connectivity index (χ2n) is 5.24. The van der Waals surface area contributed by atoms with Gasteiger partial charge in [-0.25, -0.2) is 0 Å². The molecule has 0 atom stereocenters. The van der Waals surface area contributed by atoms with Gasteiger partial charge in [-0.3, -0.25) is 13.9 Å². The van der Waals surface area contributed by atoms with Crippen LogP contribution in [0.4, 0.5) is 0 Å². The number of hydrogen-bond donors (Lipinski definition) is 4. The fourth-order valence-electron chi connectivity index (χ4n) is 2.51. The standard InChI is InChI=1S/C15H14O11S2.Na/c1-25-12-11(18)9(10(17)7-5-3-4-6-8(7)16)14(27(19,20)21)15(13(12)26-2)28(22,23)24;/h3-6,16,18H,1-2H3,(H,19,20,21)(H,22,23,24);. The van der Waals surface area contributed by atoms with Crippen LogP contribution in [0.5, 0.6) is 23.0 Å². The first-order chi connectivity index (χ1) is 12.9. The quantitative estimate of drug-likeness (QED) is 0.268. The smallest absolute Gasteiger partial charge is 0.299 e. The van der Waals surface area contributed by atoms with Crippen molar-refractivity contribution < 1.29 is 50.4 Å². The van der Waals surface area contributed by atoms with Gasteiger partial charge >= 0.3 is 0 Å². The number of methoxy groups -OCH3 is 2. The number of phenols is 2. The van der Waals surface area contributed by atoms with Gasteiger partial charge in [0.25, 0.3) is 20.2 Å². The number of benzene rings is 2. The summed E-state index contributed by atoms with van der Waals surface area (Å²) in [6, 6.07) is 4.76. The van der Waals surface area contributed by atoms with Crippen molar-refractivity contribution >= 4 is 55.6 Å². The summed E-state index contributed by atoms with van der Waals surface area (Å²) in [6.45, 7) is 0. The van der Waals surface area contributed by atoms with Gasteiger partial charge in [-0.05, 0) is 12.1 Å². The molecule has 4 N–H and O–H groups in total. The summed E-state index contributed by atoms with van der Waals surface area (Å²) in [5, 5.41) is 20.2. The van der Waals surface area contributed by atoms with Crippen LogP contribution in [0, 0.1) is 0 Å². The second-order valence-corrected chi connectivity index (χ2v) is 7.96. The Morgan fingerprint density at radius 1 is 0.862 bits per heavy atom. The van der Waals surface area contributed by atoms with Gasteiger partial charge in [-0.2, -0.15) is 16.8 Å². The Bertz CT molecular complexity index is 1170. The number of hydrogen-bond acceptors (Lipinski definition) is 9. The Labute approximate surface area is 187 Å². The second kappa shape index (κ2) is 8.87. The number of phenolic OH excluding ortho intramolecular Hbond substituents is 2. The number of ketones is 1. The molecule has 0 unspecified atom stereocenters. The third-order valence-electron chi connectivity index (χ3n) is 3.60. The van der Waals surface area contributed by atoms with E-state index in [0.29, 0.717) is 0 Å². The summed E-state index contributed by atoms with van der Waals surface area (Å²) in [6.07, 6.45) is 0. The van der Waals surface area contributed by atoms with Crippen LogP contribution in [-0.4, -0.2) is 85.7 Å². The van der Waals surface area contributed by atoms with E-state index in [1.54, 1.807) is 0 Å². The van der Waals surface area contributed by atoms with Gasteiger partial charge in [0.15, 0.2) is 16.4 Å². The number of carbonyl (C=O) groups is 1. The zero-order chi connectivity index (χ0) is 21.4. The van der Waals surface area contributed by atoms with Crippen LogP contribution < -0.4 is 9.47 Å². The van der Waals surface area contributed by atoms with Crippen LogP contribution in [0.2, 0.25) is 0 Å². The Morgan fingerprint density at radius 3 is 1.76 bits per heavy atom. The molecule has 0 aliphatic heterocycles. The van der Waals surface area contributed by atoms with E-state index in [2.05, 4.69) is 0 Å². The van der Waals surface area contributed by atoms with Crippen molar-refractivity contribution in [1.82, 2.24) is 0 Å². The van der Waals surface area contributed by atoms with Gasteiger partial charge in [0, 0.05) is 29.6 Å². The molecule has 0 saturated carbocycles. The molecule has 14 heteroatoms. The van der Waals surface area contributed by atoms with E-state index < -0.39 is 69.9 Å². The van der Waals surface area contributed by atoms with Crippen molar-refractivity contribution in [2.24, 2.45) is 0 Å². The summed E-state index contributed by atoms with van der Waals surface area (Å²) in [4.78, 5) is 9.67. The normalized spacial score (nSPS) is 11.4. The fraction of sp³-hybridized carbons (Fsp3) is 0.133. The summed E-state index contributed by atoms with van der Waals surface area (Å²) < 4.78 is 76.1. The molecule has 2 rings (SSSR count). The summed E-state index contributed by atoms with van der Waals surface area (Å²) >= 11 is 0. The first-order valence-electron chi connectivity index (χ1n) is 7.14. The zero-order valence-corrected chi connectivity index (χ0v) is 18.9. The number of ether oxygens (including phenoxy) is 2. The van der Waals surface area contributed by atoms with Crippen LogP contribution in [0.15, 0.2) is 34.1 Å². The van der Waals surface area contributed by atoms with Gasteiger partial charge in [0.05, 0.1) is 25.3 Å². The summed E-state index contributed by atoms with van der Waals surface area (Å²) in [7, 11) is -9.15. The Hall–Kier alpha value is -1.87. The maximum atomic E-state index is 12.8. The first-order valence-corrected chi connectivity index (χ1v) is 10.0. The topological polar surface area (TPSA) is 185 Å². The van der Waals surface area contributed by atoms with Crippen molar-refractivity contribution in [2.45, 2.75) is 9.79 Å². The molecule has 0 aromatic heterocycles. The average molecular weight is 457 g/mol. The minimum absolute atomic E-state index is 0. The Balaban J connectivity index is 0.00000420. The van der Waals surface area contributed by atoms with Crippen molar-refractivity contribution in [2.75, 3.05) is 14.2 Å². The molecule has 0 aliphatic rings. The molecule has 1 radical (unpaired) electrons. The van der Waals surface area contributed by atoms with Crippen LogP contribution in [0.25, 0.3) is 0 Å². The number of carbonyl (C=O) groups excluding carboxylic acids is 1. The number of rotatable bonds is 6. The van der Waals surface area contributed by atoms with E-state index >= 15 is 0 Å². The minimum atomic E-state index is -5.53. The van der Waals surface area contributed by atoms with Crippen LogP contribution in [0.3, 0.4) is 0 Å². The molecule has 2 aromatic rings. The molecule has 11 nitrogen and oxygen atoms in total. The van der Waals surface area contributed by atoms with Crippen molar-refractivity contribution in [3.8, 4) is 23.0 Å². The van der Waals surface area contributed by atoms with Gasteiger partial charge in [0.1, 0.15) is 10.6 Å². The van der Waals surface area contributed by atoms with E-state index in [1.165, 1.54) is 12.1 Å². The van der Waals surface area contributed by atoms with Gasteiger partial charge in [0.2, 0.25) is 11.5 Å². The predicted molar refractivity (Wildman–Crippen MR) is 98.1 cm³/mol. The third kappa shape index (κ3) is 4.66. The molecular formula is C15H14NaO11S2. The average Bonchev–Trinajstić information content (AvgIpc) is 2.58. The molecule has 0 fully saturated rings. The fourth-order valence-corrected chi connectivity index (χ4v) is 4.67.